The van der Waals surface area contributed by atoms with Crippen LogP contribution in [0.4, 0.5) is 8.78 Å². The monoisotopic (exact) mass is 822 g/mol. The van der Waals surface area contributed by atoms with Crippen LogP contribution in [0.25, 0.3) is 67.1 Å². The second kappa shape index (κ2) is 17.0. The zero-order valence-corrected chi connectivity index (χ0v) is 33.3. The SMILES string of the molecule is CCn1c(=O)c(-c2ccc(Cl)cc2)nc2cc(F)c(F)cc21.CCn1c(=O)c(-c2ccco2)nc2ccccc21.O=c1c(-c2ccccc2)nc2ccccc2n1C1CC1. The zero-order valence-electron chi connectivity index (χ0n) is 32.6. The maximum atomic E-state index is 13.5. The molecule has 0 bridgehead atoms. The van der Waals surface area contributed by atoms with Gasteiger partial charge in [-0.15, -0.1) is 0 Å². The third kappa shape index (κ3) is 7.89. The first-order chi connectivity index (χ1) is 29.2. The van der Waals surface area contributed by atoms with E-state index in [1.165, 1.54) is 4.57 Å². The van der Waals surface area contributed by atoms with E-state index in [9.17, 15) is 23.2 Å². The molecule has 0 unspecified atom stereocenters. The van der Waals surface area contributed by atoms with Gasteiger partial charge in [0.2, 0.25) is 0 Å². The highest BCUT2D eigenvalue weighted by atomic mass is 35.5. The van der Waals surface area contributed by atoms with Gasteiger partial charge in [-0.2, -0.15) is 0 Å². The summed E-state index contributed by atoms with van der Waals surface area (Å²) in [4.78, 5) is 50.8. The van der Waals surface area contributed by atoms with Gasteiger partial charge in [0.05, 0.1) is 39.4 Å². The molecular weight excluding hydrogens is 786 g/mol. The van der Waals surface area contributed by atoms with Crippen LogP contribution in [-0.2, 0) is 13.1 Å². The van der Waals surface area contributed by atoms with Crippen LogP contribution in [0.1, 0.15) is 32.7 Å². The molecule has 0 N–H and O–H groups in total. The van der Waals surface area contributed by atoms with E-state index in [0.29, 0.717) is 46.9 Å². The number of hydrogen-bond acceptors (Lipinski definition) is 7. The molecule has 5 aromatic carbocycles. The molecule has 13 heteroatoms. The minimum absolute atomic E-state index is 0.0254. The average molecular weight is 823 g/mol. The lowest BCUT2D eigenvalue weighted by Crippen LogP contribution is -2.23. The predicted molar refractivity (Wildman–Crippen MR) is 231 cm³/mol. The average Bonchev–Trinajstić information content (AvgIpc) is 3.96. The number of rotatable bonds is 6. The molecule has 0 saturated heterocycles. The molecule has 300 valence electrons. The first-order valence-corrected chi connectivity index (χ1v) is 19.8. The van der Waals surface area contributed by atoms with Gasteiger partial charge in [-0.05, 0) is 75.2 Å². The Morgan fingerprint density at radius 2 is 1.12 bits per heavy atom. The van der Waals surface area contributed by atoms with Crippen molar-refractivity contribution in [3.63, 3.8) is 0 Å². The highest BCUT2D eigenvalue weighted by Crippen LogP contribution is 2.36. The van der Waals surface area contributed by atoms with Crippen molar-refractivity contribution in [2.45, 2.75) is 45.8 Å². The van der Waals surface area contributed by atoms with Gasteiger partial charge >= 0.3 is 0 Å². The van der Waals surface area contributed by atoms with Crippen LogP contribution in [0.3, 0.4) is 0 Å². The molecule has 1 fully saturated rings. The first-order valence-electron chi connectivity index (χ1n) is 19.4. The Bertz CT molecular complexity index is 3180. The molecular formula is C47H37ClF2N6O4. The number of para-hydroxylation sites is 4. The van der Waals surface area contributed by atoms with Gasteiger partial charge in [0, 0.05) is 47.4 Å². The Hall–Kier alpha value is -7.05. The number of benzene rings is 5. The van der Waals surface area contributed by atoms with E-state index in [4.69, 9.17) is 16.0 Å². The fraction of sp³-hybridized carbons (Fsp3) is 0.149. The van der Waals surface area contributed by atoms with E-state index in [-0.39, 0.29) is 33.4 Å². The van der Waals surface area contributed by atoms with Crippen molar-refractivity contribution in [2.24, 2.45) is 0 Å². The summed E-state index contributed by atoms with van der Waals surface area (Å²) in [6, 6.07) is 37.6. The predicted octanol–water partition coefficient (Wildman–Crippen LogP) is 10.1. The summed E-state index contributed by atoms with van der Waals surface area (Å²) in [5, 5.41) is 0.536. The summed E-state index contributed by atoms with van der Waals surface area (Å²) in [6.07, 6.45) is 3.71. The van der Waals surface area contributed by atoms with Crippen LogP contribution in [-0.4, -0.2) is 28.7 Å². The van der Waals surface area contributed by atoms with Crippen LogP contribution < -0.4 is 16.7 Å². The van der Waals surface area contributed by atoms with Crippen LogP contribution >= 0.6 is 11.6 Å². The number of hydrogen-bond donors (Lipinski definition) is 0. The third-order valence-electron chi connectivity index (χ3n) is 10.1. The lowest BCUT2D eigenvalue weighted by molar-refractivity contribution is 0.509. The molecule has 10 rings (SSSR count). The van der Waals surface area contributed by atoms with E-state index < -0.39 is 11.6 Å². The van der Waals surface area contributed by atoms with E-state index in [2.05, 4.69) is 15.0 Å². The standard InChI is InChI=1S/C17H14N2O.C16H11ClF2N2O.C14H12N2O2/c20-17-16(12-6-2-1-3-7-12)18-14-8-4-5-9-15(14)19(17)13-10-11-13;1-2-21-14-8-12(19)11(18)7-13(14)20-15(16(21)22)9-3-5-10(17)6-4-9;1-2-16-11-7-4-3-6-10(11)15-13(14(16)17)12-8-5-9-18-12/h1-9,13H,10-11H2;3-8H,2H2,1H3;3-9H,2H2,1H3. The van der Waals surface area contributed by atoms with Gasteiger partial charge < -0.3 is 18.1 Å². The van der Waals surface area contributed by atoms with Crippen LogP contribution in [0.2, 0.25) is 5.02 Å². The van der Waals surface area contributed by atoms with Gasteiger partial charge in [0.15, 0.2) is 23.1 Å². The lowest BCUT2D eigenvalue weighted by atomic mass is 10.1. The van der Waals surface area contributed by atoms with Crippen molar-refractivity contribution in [1.29, 1.82) is 0 Å². The Morgan fingerprint density at radius 1 is 0.583 bits per heavy atom. The fourth-order valence-corrected chi connectivity index (χ4v) is 7.19. The Morgan fingerprint density at radius 3 is 1.77 bits per heavy atom. The Kier molecular flexibility index (Phi) is 11.3. The van der Waals surface area contributed by atoms with Gasteiger partial charge in [-0.25, -0.2) is 23.7 Å². The molecule has 60 heavy (non-hydrogen) atoms. The normalized spacial score (nSPS) is 12.2. The highest BCUT2D eigenvalue weighted by molar-refractivity contribution is 6.30. The van der Waals surface area contributed by atoms with Crippen molar-refractivity contribution >= 4 is 44.7 Å². The lowest BCUT2D eigenvalue weighted by Gasteiger charge is -2.11. The van der Waals surface area contributed by atoms with Crippen molar-refractivity contribution in [2.75, 3.05) is 0 Å². The third-order valence-corrected chi connectivity index (χ3v) is 10.4. The number of aryl methyl sites for hydroxylation is 2. The molecule has 1 saturated carbocycles. The smallest absolute Gasteiger partial charge is 0.280 e. The molecule has 0 spiro atoms. The molecule has 0 atom stereocenters. The van der Waals surface area contributed by atoms with Crippen molar-refractivity contribution in [3.8, 4) is 34.0 Å². The second-order valence-electron chi connectivity index (χ2n) is 14.0. The van der Waals surface area contributed by atoms with E-state index >= 15 is 0 Å². The Balaban J connectivity index is 0.000000125. The minimum Gasteiger partial charge on any atom is -0.463 e. The summed E-state index contributed by atoms with van der Waals surface area (Å²) in [5.74, 6) is -1.49. The van der Waals surface area contributed by atoms with E-state index in [1.807, 2.05) is 90.4 Å². The number of furan rings is 1. The number of nitrogens with zero attached hydrogens (tertiary/aromatic N) is 6. The van der Waals surface area contributed by atoms with Crippen LogP contribution in [0.5, 0.6) is 0 Å². The molecule has 0 amide bonds. The van der Waals surface area contributed by atoms with E-state index in [1.54, 1.807) is 54.2 Å². The molecule has 1 aliphatic rings. The summed E-state index contributed by atoms with van der Waals surface area (Å²) < 4.78 is 37.2. The number of fused-ring (bicyclic) bond motifs is 3. The molecule has 4 heterocycles. The van der Waals surface area contributed by atoms with Gasteiger partial charge in [0.1, 0.15) is 11.4 Å². The maximum absolute atomic E-state index is 13.5. The van der Waals surface area contributed by atoms with E-state index in [0.717, 1.165) is 52.6 Å². The van der Waals surface area contributed by atoms with Crippen LogP contribution in [0.15, 0.2) is 152 Å². The molecule has 0 aliphatic heterocycles. The molecule has 1 aliphatic carbocycles. The summed E-state index contributed by atoms with van der Waals surface area (Å²) in [7, 11) is 0. The summed E-state index contributed by atoms with van der Waals surface area (Å²) in [6.45, 7) is 4.63. The minimum atomic E-state index is -1.00. The maximum Gasteiger partial charge on any atom is 0.280 e. The van der Waals surface area contributed by atoms with Crippen molar-refractivity contribution in [1.82, 2.24) is 28.7 Å². The molecule has 10 nitrogen and oxygen atoms in total. The fourth-order valence-electron chi connectivity index (χ4n) is 7.06. The van der Waals surface area contributed by atoms with Crippen molar-refractivity contribution in [3.05, 3.63) is 181 Å². The first kappa shape index (κ1) is 39.8. The quantitative estimate of drug-likeness (QED) is 0.164. The molecule has 9 aromatic rings. The molecule has 4 aromatic heterocycles. The van der Waals surface area contributed by atoms with Crippen LogP contribution in [0, 0.1) is 11.6 Å². The summed E-state index contributed by atoms with van der Waals surface area (Å²) >= 11 is 5.84. The molecule has 0 radical (unpaired) electrons. The second-order valence-corrected chi connectivity index (χ2v) is 14.4. The largest absolute Gasteiger partial charge is 0.463 e. The topological polar surface area (TPSA) is 118 Å². The van der Waals surface area contributed by atoms with Gasteiger partial charge in [0.25, 0.3) is 16.7 Å². The summed E-state index contributed by atoms with van der Waals surface area (Å²) in [5.41, 5.74) is 6.07. The number of aromatic nitrogens is 6. The number of halogens is 3. The van der Waals surface area contributed by atoms with Gasteiger partial charge in [-0.1, -0.05) is 78.3 Å². The van der Waals surface area contributed by atoms with Crippen molar-refractivity contribution < 1.29 is 13.2 Å². The van der Waals surface area contributed by atoms with Gasteiger partial charge in [-0.3, -0.25) is 14.4 Å². The highest BCUT2D eigenvalue weighted by Gasteiger charge is 2.28. The zero-order chi connectivity index (χ0) is 41.9. The Labute approximate surface area is 346 Å².